The Bertz CT molecular complexity index is 488. The fourth-order valence-electron chi connectivity index (χ4n) is 2.46. The van der Waals surface area contributed by atoms with Crippen molar-refractivity contribution in [1.82, 2.24) is 5.32 Å². The van der Waals surface area contributed by atoms with E-state index >= 15 is 0 Å². The molecule has 2 rings (SSSR count). The summed E-state index contributed by atoms with van der Waals surface area (Å²) in [6.45, 7) is 2.90. The second-order valence-electron chi connectivity index (χ2n) is 5.44. The smallest absolute Gasteiger partial charge is 0.241 e. The zero-order valence-corrected chi connectivity index (χ0v) is 12.7. The van der Waals surface area contributed by atoms with Crippen LogP contribution in [-0.4, -0.2) is 31.7 Å². The van der Waals surface area contributed by atoms with Gasteiger partial charge in [-0.3, -0.25) is 4.79 Å². The second-order valence-corrected chi connectivity index (χ2v) is 5.44. The summed E-state index contributed by atoms with van der Waals surface area (Å²) in [5, 5.41) is 3.07. The Balaban J connectivity index is 2.09. The van der Waals surface area contributed by atoms with Crippen molar-refractivity contribution in [2.45, 2.75) is 31.7 Å². The fraction of sp³-hybridized carbons (Fsp3) is 0.562. The maximum Gasteiger partial charge on any atom is 0.241 e. The van der Waals surface area contributed by atoms with Crippen molar-refractivity contribution in [2.24, 2.45) is 11.7 Å². The molecule has 1 saturated carbocycles. The van der Waals surface area contributed by atoms with Crippen molar-refractivity contribution in [3.05, 3.63) is 24.3 Å². The maximum atomic E-state index is 11.9. The predicted octanol–water partition coefficient (Wildman–Crippen LogP) is 1.71. The van der Waals surface area contributed by atoms with Gasteiger partial charge in [-0.1, -0.05) is 19.1 Å². The molecule has 0 saturated heterocycles. The molecular weight excluding hydrogens is 268 g/mol. The third-order valence-electron chi connectivity index (χ3n) is 3.93. The summed E-state index contributed by atoms with van der Waals surface area (Å²) >= 11 is 0. The SMILES string of the molecule is CCCOc1ccccc1OCC(NC)(C(N)=O)C1CC1. The van der Waals surface area contributed by atoms with E-state index in [2.05, 4.69) is 12.2 Å². The summed E-state index contributed by atoms with van der Waals surface area (Å²) in [7, 11) is 1.76. The van der Waals surface area contributed by atoms with E-state index < -0.39 is 5.54 Å². The van der Waals surface area contributed by atoms with E-state index in [9.17, 15) is 4.79 Å². The summed E-state index contributed by atoms with van der Waals surface area (Å²) in [6, 6.07) is 7.50. The predicted molar refractivity (Wildman–Crippen MR) is 81.4 cm³/mol. The Morgan fingerprint density at radius 1 is 1.33 bits per heavy atom. The number of ether oxygens (including phenoxy) is 2. The van der Waals surface area contributed by atoms with E-state index in [1.165, 1.54) is 0 Å². The Morgan fingerprint density at radius 3 is 2.43 bits per heavy atom. The molecule has 0 heterocycles. The minimum absolute atomic E-state index is 0.218. The average molecular weight is 292 g/mol. The Labute approximate surface area is 125 Å². The first-order valence-electron chi connectivity index (χ1n) is 7.47. The quantitative estimate of drug-likeness (QED) is 0.726. The maximum absolute atomic E-state index is 11.9. The molecule has 0 spiro atoms. The first kappa shape index (κ1) is 15.6. The standard InChI is InChI=1S/C16H24N2O3/c1-3-10-20-13-6-4-5-7-14(13)21-11-16(18-2,15(17)19)12-8-9-12/h4-7,12,18H,3,8-11H2,1-2H3,(H2,17,19). The summed E-state index contributed by atoms with van der Waals surface area (Å²) in [6.07, 6.45) is 2.93. The van der Waals surface area contributed by atoms with Crippen LogP contribution in [0.4, 0.5) is 0 Å². The van der Waals surface area contributed by atoms with Crippen LogP contribution in [0.2, 0.25) is 0 Å². The first-order valence-corrected chi connectivity index (χ1v) is 7.47. The topological polar surface area (TPSA) is 73.6 Å². The van der Waals surface area contributed by atoms with E-state index in [1.54, 1.807) is 7.05 Å². The van der Waals surface area contributed by atoms with Crippen LogP contribution < -0.4 is 20.5 Å². The molecule has 3 N–H and O–H groups in total. The molecule has 116 valence electrons. The summed E-state index contributed by atoms with van der Waals surface area (Å²) in [4.78, 5) is 11.9. The number of nitrogens with two attached hydrogens (primary N) is 1. The van der Waals surface area contributed by atoms with Gasteiger partial charge in [0.2, 0.25) is 5.91 Å². The van der Waals surface area contributed by atoms with Crippen LogP contribution in [0.15, 0.2) is 24.3 Å². The van der Waals surface area contributed by atoms with Crippen molar-refractivity contribution in [3.63, 3.8) is 0 Å². The molecule has 5 heteroatoms. The number of benzene rings is 1. The molecule has 0 radical (unpaired) electrons. The molecule has 0 aliphatic heterocycles. The molecule has 21 heavy (non-hydrogen) atoms. The number of nitrogens with one attached hydrogen (secondary N) is 1. The summed E-state index contributed by atoms with van der Waals surface area (Å²) in [5.41, 5.74) is 4.80. The summed E-state index contributed by atoms with van der Waals surface area (Å²) < 4.78 is 11.5. The highest BCUT2D eigenvalue weighted by atomic mass is 16.5. The number of hydrogen-bond donors (Lipinski definition) is 2. The van der Waals surface area contributed by atoms with Gasteiger partial charge in [0.05, 0.1) is 6.61 Å². The Kier molecular flexibility index (Phi) is 5.07. The number of rotatable bonds is 9. The van der Waals surface area contributed by atoms with Crippen LogP contribution in [0, 0.1) is 5.92 Å². The molecule has 0 aromatic heterocycles. The lowest BCUT2D eigenvalue weighted by Crippen LogP contribution is -2.59. The fourth-order valence-corrected chi connectivity index (χ4v) is 2.46. The molecule has 1 fully saturated rings. The van der Waals surface area contributed by atoms with Gasteiger partial charge in [-0.25, -0.2) is 0 Å². The number of para-hydroxylation sites is 2. The van der Waals surface area contributed by atoms with Crippen molar-refractivity contribution in [1.29, 1.82) is 0 Å². The molecular formula is C16H24N2O3. The molecule has 1 unspecified atom stereocenters. The number of primary amides is 1. The van der Waals surface area contributed by atoms with Gasteiger partial charge in [0.25, 0.3) is 0 Å². The van der Waals surface area contributed by atoms with Gasteiger partial charge in [-0.05, 0) is 44.4 Å². The Hall–Kier alpha value is -1.75. The van der Waals surface area contributed by atoms with E-state index in [4.69, 9.17) is 15.2 Å². The minimum Gasteiger partial charge on any atom is -0.490 e. The largest absolute Gasteiger partial charge is 0.490 e. The van der Waals surface area contributed by atoms with Crippen LogP contribution in [0.5, 0.6) is 11.5 Å². The van der Waals surface area contributed by atoms with Crippen LogP contribution in [0.3, 0.4) is 0 Å². The molecule has 5 nitrogen and oxygen atoms in total. The van der Waals surface area contributed by atoms with Crippen molar-refractivity contribution in [2.75, 3.05) is 20.3 Å². The van der Waals surface area contributed by atoms with Crippen LogP contribution in [-0.2, 0) is 4.79 Å². The van der Waals surface area contributed by atoms with Crippen molar-refractivity contribution < 1.29 is 14.3 Å². The lowest BCUT2D eigenvalue weighted by atomic mass is 9.93. The lowest BCUT2D eigenvalue weighted by molar-refractivity contribution is -0.126. The zero-order valence-electron chi connectivity index (χ0n) is 12.7. The third kappa shape index (κ3) is 3.47. The molecule has 1 atom stereocenters. The van der Waals surface area contributed by atoms with Crippen LogP contribution >= 0.6 is 0 Å². The number of amides is 1. The molecule has 0 bridgehead atoms. The van der Waals surface area contributed by atoms with Gasteiger partial charge < -0.3 is 20.5 Å². The van der Waals surface area contributed by atoms with Crippen LogP contribution in [0.25, 0.3) is 0 Å². The van der Waals surface area contributed by atoms with Crippen LogP contribution in [0.1, 0.15) is 26.2 Å². The van der Waals surface area contributed by atoms with Gasteiger partial charge in [-0.2, -0.15) is 0 Å². The van der Waals surface area contributed by atoms with E-state index in [0.717, 1.165) is 19.3 Å². The summed E-state index contributed by atoms with van der Waals surface area (Å²) in [5.74, 6) is 1.24. The monoisotopic (exact) mass is 292 g/mol. The number of carbonyl (C=O) groups excluding carboxylic acids is 1. The lowest BCUT2D eigenvalue weighted by Gasteiger charge is -2.30. The molecule has 1 aliphatic rings. The van der Waals surface area contributed by atoms with Crippen molar-refractivity contribution >= 4 is 5.91 Å². The van der Waals surface area contributed by atoms with Gasteiger partial charge in [0.15, 0.2) is 11.5 Å². The molecule has 1 aliphatic carbocycles. The number of likely N-dealkylation sites (N-methyl/N-ethyl adjacent to an activating group) is 1. The van der Waals surface area contributed by atoms with E-state index in [1.807, 2.05) is 24.3 Å². The highest BCUT2D eigenvalue weighted by molar-refractivity contribution is 5.85. The normalized spacial score (nSPS) is 17.0. The zero-order chi connectivity index (χ0) is 15.3. The minimum atomic E-state index is -0.794. The third-order valence-corrected chi connectivity index (χ3v) is 3.93. The highest BCUT2D eigenvalue weighted by Crippen LogP contribution is 2.40. The molecule has 1 amide bonds. The number of carbonyl (C=O) groups is 1. The van der Waals surface area contributed by atoms with Gasteiger partial charge in [-0.15, -0.1) is 0 Å². The van der Waals surface area contributed by atoms with Gasteiger partial charge in [0, 0.05) is 0 Å². The molecule has 1 aromatic carbocycles. The second kappa shape index (κ2) is 6.80. The van der Waals surface area contributed by atoms with Gasteiger partial charge >= 0.3 is 0 Å². The highest BCUT2D eigenvalue weighted by Gasteiger charge is 2.49. The van der Waals surface area contributed by atoms with E-state index in [-0.39, 0.29) is 18.4 Å². The number of hydrogen-bond acceptors (Lipinski definition) is 4. The average Bonchev–Trinajstić information content (AvgIpc) is 3.32. The van der Waals surface area contributed by atoms with Gasteiger partial charge in [0.1, 0.15) is 12.1 Å². The first-order chi connectivity index (χ1) is 10.1. The Morgan fingerprint density at radius 2 is 1.95 bits per heavy atom. The van der Waals surface area contributed by atoms with Crippen molar-refractivity contribution in [3.8, 4) is 11.5 Å². The molecule has 1 aromatic rings. The van der Waals surface area contributed by atoms with E-state index in [0.29, 0.717) is 18.1 Å².